The summed E-state index contributed by atoms with van der Waals surface area (Å²) in [6.45, 7) is 14.8. The van der Waals surface area contributed by atoms with Gasteiger partial charge in [-0.3, -0.25) is 29.1 Å². The van der Waals surface area contributed by atoms with Crippen LogP contribution >= 0.6 is 0 Å². The average Bonchev–Trinajstić information content (AvgIpc) is 3.62. The van der Waals surface area contributed by atoms with E-state index in [1.54, 1.807) is 26.2 Å². The molecule has 1 fully saturated rings. The Morgan fingerprint density at radius 1 is 0.944 bits per heavy atom. The van der Waals surface area contributed by atoms with Gasteiger partial charge in [0.15, 0.2) is 0 Å². The molecule has 3 rings (SSSR count). The predicted molar refractivity (Wildman–Crippen MR) is 214 cm³/mol. The van der Waals surface area contributed by atoms with E-state index in [0.717, 1.165) is 29.2 Å². The van der Waals surface area contributed by atoms with Gasteiger partial charge >= 0.3 is 0 Å². The number of amides is 4. The third-order valence-electron chi connectivity index (χ3n) is 11.4. The largest absolute Gasteiger partial charge is 0.379 e. The lowest BCUT2D eigenvalue weighted by Gasteiger charge is -2.41. The second kappa shape index (κ2) is 20.9. The molecule has 0 spiro atoms. The van der Waals surface area contributed by atoms with E-state index in [-0.39, 0.29) is 59.9 Å². The van der Waals surface area contributed by atoms with Crippen molar-refractivity contribution >= 4 is 34.4 Å². The molecule has 0 aliphatic carbocycles. The number of rotatable bonds is 20. The molecule has 2 aromatic rings. The van der Waals surface area contributed by atoms with Crippen molar-refractivity contribution in [1.82, 2.24) is 30.3 Å². The fourth-order valence-corrected chi connectivity index (χ4v) is 8.27. The Hall–Kier alpha value is -3.61. The summed E-state index contributed by atoms with van der Waals surface area (Å²) in [7, 11) is 8.66. The van der Waals surface area contributed by atoms with E-state index in [1.165, 1.54) is 0 Å². The molecule has 2 N–H and O–H groups in total. The summed E-state index contributed by atoms with van der Waals surface area (Å²) in [5.74, 6) is -1.24. The van der Waals surface area contributed by atoms with Crippen LogP contribution < -0.4 is 10.6 Å². The zero-order valence-electron chi connectivity index (χ0n) is 34.9. The number of fused-ring (bicyclic) bond motifs is 1. The van der Waals surface area contributed by atoms with Gasteiger partial charge < -0.3 is 29.9 Å². The molecule has 54 heavy (non-hydrogen) atoms. The highest BCUT2D eigenvalue weighted by Crippen LogP contribution is 2.30. The highest BCUT2D eigenvalue weighted by atomic mass is 16.5. The van der Waals surface area contributed by atoms with Crippen molar-refractivity contribution in [3.8, 4) is 0 Å². The molecule has 2 unspecified atom stereocenters. The molecule has 1 aliphatic heterocycles. The number of likely N-dealkylation sites (tertiary alicyclic amines) is 1. The Labute approximate surface area is 324 Å². The Kier molecular flexibility index (Phi) is 17.3. The van der Waals surface area contributed by atoms with Crippen LogP contribution in [0.3, 0.4) is 0 Å². The maximum Gasteiger partial charge on any atom is 0.245 e. The topological polar surface area (TPSA) is 133 Å². The Morgan fingerprint density at radius 3 is 2.22 bits per heavy atom. The van der Waals surface area contributed by atoms with Crippen LogP contribution in [0.15, 0.2) is 36.7 Å². The van der Waals surface area contributed by atoms with Gasteiger partial charge in [0.25, 0.3) is 0 Å². The number of hydrogen-bond acceptors (Lipinski definition) is 8. The number of nitrogens with zero attached hydrogens (tertiary/aromatic N) is 4. The first-order valence-corrected chi connectivity index (χ1v) is 19.8. The number of aromatic nitrogens is 1. The average molecular weight is 753 g/mol. The predicted octanol–water partition coefficient (Wildman–Crippen LogP) is 4.54. The van der Waals surface area contributed by atoms with E-state index < -0.39 is 30.2 Å². The summed E-state index contributed by atoms with van der Waals surface area (Å²) >= 11 is 0. The second-order valence-electron chi connectivity index (χ2n) is 16.0. The van der Waals surface area contributed by atoms with Crippen LogP contribution in [-0.2, 0) is 35.1 Å². The first-order valence-electron chi connectivity index (χ1n) is 19.8. The van der Waals surface area contributed by atoms with Crippen LogP contribution in [0.2, 0.25) is 0 Å². The van der Waals surface area contributed by atoms with E-state index in [4.69, 9.17) is 9.47 Å². The summed E-state index contributed by atoms with van der Waals surface area (Å²) in [6, 6.07) is 6.24. The van der Waals surface area contributed by atoms with Gasteiger partial charge in [-0.1, -0.05) is 79.2 Å². The maximum atomic E-state index is 14.2. The van der Waals surface area contributed by atoms with Gasteiger partial charge in [0.05, 0.1) is 42.7 Å². The zero-order valence-corrected chi connectivity index (χ0v) is 34.9. The van der Waals surface area contributed by atoms with E-state index in [1.807, 2.05) is 89.1 Å². The summed E-state index contributed by atoms with van der Waals surface area (Å²) in [4.78, 5) is 65.1. The number of methoxy groups -OCH3 is 2. The van der Waals surface area contributed by atoms with E-state index in [2.05, 4.69) is 35.5 Å². The maximum absolute atomic E-state index is 14.2. The molecule has 2 heterocycles. The number of likely N-dealkylation sites (N-methyl/N-ethyl adjacent to an activating group) is 2. The van der Waals surface area contributed by atoms with Crippen LogP contribution in [0.1, 0.15) is 79.7 Å². The van der Waals surface area contributed by atoms with Crippen molar-refractivity contribution in [2.45, 2.75) is 117 Å². The number of pyridine rings is 1. The fourth-order valence-electron chi connectivity index (χ4n) is 8.27. The smallest absolute Gasteiger partial charge is 0.245 e. The van der Waals surface area contributed by atoms with Crippen LogP contribution in [0.5, 0.6) is 0 Å². The zero-order chi connectivity index (χ0) is 40.3. The van der Waals surface area contributed by atoms with Crippen LogP contribution in [0.4, 0.5) is 0 Å². The normalized spacial score (nSPS) is 18.6. The van der Waals surface area contributed by atoms with Crippen LogP contribution in [0, 0.1) is 23.7 Å². The molecular weight excluding hydrogens is 684 g/mol. The molecule has 12 nitrogen and oxygen atoms in total. The Balaban J connectivity index is 1.73. The molecule has 302 valence electrons. The van der Waals surface area contributed by atoms with Crippen molar-refractivity contribution in [3.05, 3.63) is 42.2 Å². The SMILES string of the molecule is CC[C@H](C)C([C@@H](CC(=O)N1CCC[C@H]1[C@H](OC)[C@@H](C)C(=O)NCCc1cncc2ccccc12)OC)N(C)C(=O)[C@@H](NC(=O)C(C(C)C)N(C)C)C(C)C. The molecule has 0 radical (unpaired) electrons. The number of carbonyl (C=O) groups excluding carboxylic acids is 4. The number of benzene rings is 1. The fraction of sp³-hybridized carbons (Fsp3) is 0.690. The highest BCUT2D eigenvalue weighted by Gasteiger charge is 2.43. The van der Waals surface area contributed by atoms with Crippen molar-refractivity contribution < 1.29 is 28.7 Å². The molecule has 0 saturated carbocycles. The summed E-state index contributed by atoms with van der Waals surface area (Å²) in [6.07, 6.45) is 5.56. The van der Waals surface area contributed by atoms with Gasteiger partial charge in [-0.2, -0.15) is 0 Å². The van der Waals surface area contributed by atoms with E-state index in [9.17, 15) is 19.2 Å². The van der Waals surface area contributed by atoms with Crippen molar-refractivity contribution in [2.75, 3.05) is 48.5 Å². The van der Waals surface area contributed by atoms with E-state index in [0.29, 0.717) is 25.9 Å². The van der Waals surface area contributed by atoms with Crippen molar-refractivity contribution in [3.63, 3.8) is 0 Å². The van der Waals surface area contributed by atoms with Crippen LogP contribution in [-0.4, -0.2) is 128 Å². The third-order valence-corrected chi connectivity index (χ3v) is 11.4. The van der Waals surface area contributed by atoms with Gasteiger partial charge in [-0.25, -0.2) is 0 Å². The second-order valence-corrected chi connectivity index (χ2v) is 16.0. The monoisotopic (exact) mass is 753 g/mol. The molecular formula is C42H68N6O6. The van der Waals surface area contributed by atoms with Crippen molar-refractivity contribution in [2.24, 2.45) is 23.7 Å². The quantitative estimate of drug-likeness (QED) is 0.202. The Morgan fingerprint density at radius 2 is 1.63 bits per heavy atom. The van der Waals surface area contributed by atoms with Crippen LogP contribution in [0.25, 0.3) is 10.8 Å². The summed E-state index contributed by atoms with van der Waals surface area (Å²) in [5, 5.41) is 8.32. The number of hydrogen-bond donors (Lipinski definition) is 2. The van der Waals surface area contributed by atoms with Gasteiger partial charge in [0.2, 0.25) is 23.6 Å². The molecule has 1 saturated heterocycles. The lowest BCUT2D eigenvalue weighted by molar-refractivity contribution is -0.148. The number of carbonyl (C=O) groups is 4. The number of ether oxygens (including phenoxy) is 2. The molecule has 1 aromatic heterocycles. The Bertz CT molecular complexity index is 1520. The number of nitrogens with one attached hydrogen (secondary N) is 2. The van der Waals surface area contributed by atoms with Crippen molar-refractivity contribution in [1.29, 1.82) is 0 Å². The summed E-state index contributed by atoms with van der Waals surface area (Å²) in [5.41, 5.74) is 1.07. The first kappa shape index (κ1) is 44.8. The first-order chi connectivity index (χ1) is 25.6. The molecule has 0 bridgehead atoms. The van der Waals surface area contributed by atoms with Gasteiger partial charge in [0.1, 0.15) is 6.04 Å². The minimum Gasteiger partial charge on any atom is -0.379 e. The van der Waals surface area contributed by atoms with Gasteiger partial charge in [-0.15, -0.1) is 0 Å². The lowest BCUT2D eigenvalue weighted by Crippen LogP contribution is -2.59. The minimum absolute atomic E-state index is 0.000116. The standard InChI is InChI=1S/C42H68N6O6/c1-13-28(6)38(47(10)42(52)36(26(2)3)45-41(51)37(27(4)5)46(8)9)34(53-11)23-35(49)48-22-16-19-33(48)39(54-12)29(7)40(50)44-21-20-31-25-43-24-30-17-14-15-18-32(30)31/h14-15,17-18,24-29,33-34,36-39H,13,16,19-23H2,1-12H3,(H,44,50)(H,45,51)/t28-,29+,33-,34+,36-,37?,38?,39+/m0/s1. The van der Waals surface area contributed by atoms with E-state index >= 15 is 0 Å². The molecule has 1 aliphatic rings. The minimum atomic E-state index is -0.745. The molecule has 12 heteroatoms. The summed E-state index contributed by atoms with van der Waals surface area (Å²) < 4.78 is 12.0. The molecule has 1 aromatic carbocycles. The van der Waals surface area contributed by atoms with Gasteiger partial charge in [0, 0.05) is 52.1 Å². The lowest BCUT2D eigenvalue weighted by atomic mass is 9.89. The molecule has 8 atom stereocenters. The third kappa shape index (κ3) is 11.0. The molecule has 4 amide bonds. The highest BCUT2D eigenvalue weighted by molar-refractivity contribution is 5.90. The van der Waals surface area contributed by atoms with Gasteiger partial charge in [-0.05, 0) is 62.1 Å².